The third-order valence-corrected chi connectivity index (χ3v) is 3.82. The van der Waals surface area contributed by atoms with E-state index in [1.807, 2.05) is 0 Å². The van der Waals surface area contributed by atoms with Gasteiger partial charge in [0.15, 0.2) is 17.3 Å². The van der Waals surface area contributed by atoms with Crippen molar-refractivity contribution in [3.8, 4) is 11.5 Å². The summed E-state index contributed by atoms with van der Waals surface area (Å²) in [7, 11) is 1.47. The van der Waals surface area contributed by atoms with Gasteiger partial charge in [0.1, 0.15) is 5.78 Å². The smallest absolute Gasteiger partial charge is 0.163 e. The summed E-state index contributed by atoms with van der Waals surface area (Å²) in [6.45, 7) is 0. The summed E-state index contributed by atoms with van der Waals surface area (Å²) in [4.78, 5) is 23.7. The summed E-state index contributed by atoms with van der Waals surface area (Å²) < 4.78 is 5.00. The molecular formula is C17H20O4. The Hall–Kier alpha value is -2.10. The van der Waals surface area contributed by atoms with E-state index in [0.717, 1.165) is 31.2 Å². The minimum absolute atomic E-state index is 0.0175. The molecule has 1 aromatic carbocycles. The molecule has 1 aromatic rings. The first-order chi connectivity index (χ1) is 10.1. The fraction of sp³-hybridized carbons (Fsp3) is 0.412. The van der Waals surface area contributed by atoms with Gasteiger partial charge < -0.3 is 9.84 Å². The Morgan fingerprint density at radius 1 is 1.33 bits per heavy atom. The number of hydrogen-bond donors (Lipinski definition) is 1. The molecule has 2 rings (SSSR count). The number of phenols is 1. The van der Waals surface area contributed by atoms with E-state index in [-0.39, 0.29) is 29.7 Å². The van der Waals surface area contributed by atoms with Gasteiger partial charge in [-0.1, -0.05) is 25.0 Å². The minimum Gasteiger partial charge on any atom is -0.504 e. The van der Waals surface area contributed by atoms with E-state index in [2.05, 4.69) is 0 Å². The van der Waals surface area contributed by atoms with E-state index in [1.165, 1.54) is 19.3 Å². The molecule has 0 saturated heterocycles. The van der Waals surface area contributed by atoms with Gasteiger partial charge in [-0.15, -0.1) is 0 Å². The van der Waals surface area contributed by atoms with Crippen LogP contribution < -0.4 is 4.74 Å². The molecule has 1 saturated carbocycles. The summed E-state index contributed by atoms with van der Waals surface area (Å²) in [6, 6.07) is 4.82. The second-order valence-electron chi connectivity index (χ2n) is 5.36. The quantitative estimate of drug-likeness (QED) is 0.645. The highest BCUT2D eigenvalue weighted by molar-refractivity contribution is 6.06. The zero-order valence-corrected chi connectivity index (χ0v) is 12.2. The van der Waals surface area contributed by atoms with Crippen molar-refractivity contribution in [3.63, 3.8) is 0 Å². The maximum Gasteiger partial charge on any atom is 0.163 e. The number of Topliss-reactive ketones (excluding diaryl/α,β-unsaturated/α-hetero) is 1. The number of benzene rings is 1. The summed E-state index contributed by atoms with van der Waals surface area (Å²) >= 11 is 0. The Kier molecular flexibility index (Phi) is 5.14. The molecule has 1 N–H and O–H groups in total. The Bertz CT molecular complexity index is 554. The Morgan fingerprint density at radius 2 is 2.05 bits per heavy atom. The number of hydrogen-bond acceptors (Lipinski definition) is 4. The lowest BCUT2D eigenvalue weighted by Gasteiger charge is -2.05. The lowest BCUT2D eigenvalue weighted by molar-refractivity contribution is -0.127. The highest BCUT2D eigenvalue weighted by atomic mass is 16.5. The SMILES string of the molecule is COc1cc(/C=C/C(=O)CC(=O)C2CCCC2)ccc1O. The molecule has 112 valence electrons. The Balaban J connectivity index is 1.93. The lowest BCUT2D eigenvalue weighted by atomic mass is 9.98. The number of ketones is 2. The number of methoxy groups -OCH3 is 1. The number of phenolic OH excluding ortho intramolecular Hbond substituents is 1. The number of ether oxygens (including phenoxy) is 1. The molecule has 4 heteroatoms. The highest BCUT2D eigenvalue weighted by Gasteiger charge is 2.23. The third kappa shape index (κ3) is 4.18. The van der Waals surface area contributed by atoms with Crippen molar-refractivity contribution in [2.24, 2.45) is 5.92 Å². The van der Waals surface area contributed by atoms with Crippen LogP contribution in [-0.2, 0) is 9.59 Å². The third-order valence-electron chi connectivity index (χ3n) is 3.82. The maximum absolute atomic E-state index is 11.9. The van der Waals surface area contributed by atoms with Crippen molar-refractivity contribution >= 4 is 17.6 Å². The standard InChI is InChI=1S/C17H20O4/c1-21-17-10-12(7-9-15(17)19)6-8-14(18)11-16(20)13-4-2-3-5-13/h6-10,13,19H,2-5,11H2,1H3/b8-6+. The highest BCUT2D eigenvalue weighted by Crippen LogP contribution is 2.27. The monoisotopic (exact) mass is 288 g/mol. The van der Waals surface area contributed by atoms with Gasteiger partial charge in [0, 0.05) is 5.92 Å². The molecule has 0 aromatic heterocycles. The van der Waals surface area contributed by atoms with E-state index in [9.17, 15) is 14.7 Å². The molecule has 0 bridgehead atoms. The van der Waals surface area contributed by atoms with Crippen LogP contribution in [0.5, 0.6) is 11.5 Å². The van der Waals surface area contributed by atoms with Crippen LogP contribution in [0.25, 0.3) is 6.08 Å². The molecule has 4 nitrogen and oxygen atoms in total. The van der Waals surface area contributed by atoms with Gasteiger partial charge in [0.05, 0.1) is 13.5 Å². The molecule has 0 amide bonds. The van der Waals surface area contributed by atoms with Crippen LogP contribution in [0.15, 0.2) is 24.3 Å². The second kappa shape index (κ2) is 7.07. The predicted octanol–water partition coefficient (Wildman–Crippen LogP) is 3.13. The number of carbonyl (C=O) groups is 2. The Morgan fingerprint density at radius 3 is 2.71 bits per heavy atom. The van der Waals surface area contributed by atoms with Gasteiger partial charge in [-0.3, -0.25) is 9.59 Å². The molecule has 1 aliphatic carbocycles. The molecule has 0 unspecified atom stereocenters. The van der Waals surface area contributed by atoms with Crippen LogP contribution >= 0.6 is 0 Å². The number of aromatic hydroxyl groups is 1. The first kappa shape index (κ1) is 15.3. The minimum atomic E-state index is -0.182. The van der Waals surface area contributed by atoms with Crippen LogP contribution in [-0.4, -0.2) is 23.8 Å². The largest absolute Gasteiger partial charge is 0.504 e. The van der Waals surface area contributed by atoms with Gasteiger partial charge in [-0.2, -0.15) is 0 Å². The van der Waals surface area contributed by atoms with E-state index in [0.29, 0.717) is 5.75 Å². The molecule has 1 aliphatic rings. The molecule has 1 fully saturated rings. The summed E-state index contributed by atoms with van der Waals surface area (Å²) in [5, 5.41) is 9.49. The van der Waals surface area contributed by atoms with Gasteiger partial charge in [0.25, 0.3) is 0 Å². The first-order valence-electron chi connectivity index (χ1n) is 7.21. The van der Waals surface area contributed by atoms with E-state index < -0.39 is 0 Å². The van der Waals surface area contributed by atoms with Crippen LogP contribution in [0.4, 0.5) is 0 Å². The van der Waals surface area contributed by atoms with Crippen molar-refractivity contribution in [3.05, 3.63) is 29.8 Å². The van der Waals surface area contributed by atoms with Crippen molar-refractivity contribution in [2.45, 2.75) is 32.1 Å². The molecular weight excluding hydrogens is 268 g/mol. The first-order valence-corrected chi connectivity index (χ1v) is 7.21. The number of rotatable bonds is 6. The van der Waals surface area contributed by atoms with Gasteiger partial charge >= 0.3 is 0 Å². The van der Waals surface area contributed by atoms with Gasteiger partial charge in [-0.05, 0) is 36.6 Å². The number of carbonyl (C=O) groups excluding carboxylic acids is 2. The summed E-state index contributed by atoms with van der Waals surface area (Å²) in [5.74, 6) is 0.365. The van der Waals surface area contributed by atoms with Crippen molar-refractivity contribution in [1.29, 1.82) is 0 Å². The van der Waals surface area contributed by atoms with Crippen molar-refractivity contribution < 1.29 is 19.4 Å². The van der Waals surface area contributed by atoms with Crippen LogP contribution in [0.1, 0.15) is 37.7 Å². The van der Waals surface area contributed by atoms with Crippen LogP contribution in [0.3, 0.4) is 0 Å². The lowest BCUT2D eigenvalue weighted by Crippen LogP contribution is -2.14. The van der Waals surface area contributed by atoms with Crippen molar-refractivity contribution in [1.82, 2.24) is 0 Å². The Labute approximate surface area is 124 Å². The molecule has 0 heterocycles. The average Bonchev–Trinajstić information content (AvgIpc) is 3.00. The molecule has 21 heavy (non-hydrogen) atoms. The topological polar surface area (TPSA) is 63.6 Å². The molecule has 0 radical (unpaired) electrons. The second-order valence-corrected chi connectivity index (χ2v) is 5.36. The van der Waals surface area contributed by atoms with Crippen LogP contribution in [0, 0.1) is 5.92 Å². The van der Waals surface area contributed by atoms with E-state index in [1.54, 1.807) is 18.2 Å². The summed E-state index contributed by atoms with van der Waals surface area (Å²) in [6.07, 6.45) is 7.05. The normalized spacial score (nSPS) is 15.5. The maximum atomic E-state index is 11.9. The molecule has 0 aliphatic heterocycles. The number of allylic oxidation sites excluding steroid dienone is 1. The summed E-state index contributed by atoms with van der Waals surface area (Å²) in [5.41, 5.74) is 0.742. The zero-order valence-electron chi connectivity index (χ0n) is 12.2. The fourth-order valence-corrected chi connectivity index (χ4v) is 2.61. The fourth-order valence-electron chi connectivity index (χ4n) is 2.61. The molecule has 0 spiro atoms. The van der Waals surface area contributed by atoms with E-state index >= 15 is 0 Å². The van der Waals surface area contributed by atoms with E-state index in [4.69, 9.17) is 4.74 Å². The van der Waals surface area contributed by atoms with Gasteiger partial charge in [0.2, 0.25) is 0 Å². The zero-order chi connectivity index (χ0) is 15.2. The predicted molar refractivity (Wildman–Crippen MR) is 80.3 cm³/mol. The van der Waals surface area contributed by atoms with Gasteiger partial charge in [-0.25, -0.2) is 0 Å². The average molecular weight is 288 g/mol. The molecule has 0 atom stereocenters. The van der Waals surface area contributed by atoms with Crippen molar-refractivity contribution in [2.75, 3.05) is 7.11 Å². The van der Waals surface area contributed by atoms with Crippen LogP contribution in [0.2, 0.25) is 0 Å².